The third-order valence-electron chi connectivity index (χ3n) is 2.59. The first kappa shape index (κ1) is 16.9. The summed E-state index contributed by atoms with van der Waals surface area (Å²) in [7, 11) is 0. The van der Waals surface area contributed by atoms with Gasteiger partial charge in [0, 0.05) is 30.6 Å². The number of amides is 1. The molecule has 0 aromatic carbocycles. The van der Waals surface area contributed by atoms with Crippen molar-refractivity contribution in [3.8, 4) is 0 Å². The number of hydrogen-bond donors (Lipinski definition) is 3. The summed E-state index contributed by atoms with van der Waals surface area (Å²) in [6.07, 6.45) is 0.396. The van der Waals surface area contributed by atoms with E-state index in [0.29, 0.717) is 13.1 Å². The molecule has 1 rings (SSSR count). The van der Waals surface area contributed by atoms with E-state index in [0.717, 1.165) is 13.0 Å². The van der Waals surface area contributed by atoms with Crippen molar-refractivity contribution in [1.82, 2.24) is 10.6 Å². The second kappa shape index (κ2) is 8.24. The van der Waals surface area contributed by atoms with Gasteiger partial charge in [0.2, 0.25) is 0 Å². The summed E-state index contributed by atoms with van der Waals surface area (Å²) in [6, 6.07) is 4.31. The van der Waals surface area contributed by atoms with E-state index in [-0.39, 0.29) is 12.1 Å². The van der Waals surface area contributed by atoms with E-state index in [1.54, 1.807) is 11.3 Å². The molecule has 0 aliphatic heterocycles. The minimum atomic E-state index is -0.464. The Labute approximate surface area is 124 Å². The van der Waals surface area contributed by atoms with Gasteiger partial charge < -0.3 is 21.1 Å². The van der Waals surface area contributed by atoms with Gasteiger partial charge >= 0.3 is 6.09 Å². The number of carbonyl (C=O) groups is 1. The van der Waals surface area contributed by atoms with Crippen LogP contribution in [0, 0.1) is 0 Å². The zero-order valence-corrected chi connectivity index (χ0v) is 13.3. The first-order valence-electron chi connectivity index (χ1n) is 6.83. The lowest BCUT2D eigenvalue weighted by atomic mass is 10.2. The van der Waals surface area contributed by atoms with Crippen LogP contribution in [0.4, 0.5) is 4.79 Å². The number of nitrogens with two attached hydrogens (primary N) is 1. The predicted octanol–water partition coefficient (Wildman–Crippen LogP) is 2.08. The maximum Gasteiger partial charge on any atom is 0.407 e. The topological polar surface area (TPSA) is 76.4 Å². The van der Waals surface area contributed by atoms with Gasteiger partial charge in [-0.2, -0.15) is 0 Å². The van der Waals surface area contributed by atoms with Crippen LogP contribution < -0.4 is 16.4 Å². The molecule has 0 radical (unpaired) electrons. The van der Waals surface area contributed by atoms with Crippen LogP contribution in [0.5, 0.6) is 0 Å². The van der Waals surface area contributed by atoms with Crippen molar-refractivity contribution in [2.24, 2.45) is 5.73 Å². The predicted molar refractivity (Wildman–Crippen MR) is 82.9 cm³/mol. The van der Waals surface area contributed by atoms with Crippen LogP contribution >= 0.6 is 11.3 Å². The molecule has 114 valence electrons. The summed E-state index contributed by atoms with van der Waals surface area (Å²) in [4.78, 5) is 12.8. The monoisotopic (exact) mass is 299 g/mol. The molecule has 0 saturated heterocycles. The maximum atomic E-state index is 11.5. The minimum absolute atomic E-state index is 0.187. The van der Waals surface area contributed by atoms with Crippen LogP contribution in [0.15, 0.2) is 17.5 Å². The molecule has 0 aliphatic carbocycles. The van der Waals surface area contributed by atoms with Crippen molar-refractivity contribution < 1.29 is 9.53 Å². The summed E-state index contributed by atoms with van der Waals surface area (Å²) < 4.78 is 5.17. The van der Waals surface area contributed by atoms with Gasteiger partial charge in [0.05, 0.1) is 0 Å². The Kier molecular flexibility index (Phi) is 6.98. The smallest absolute Gasteiger partial charge is 0.407 e. The standard InChI is InChI=1S/C14H25N3O2S/c1-14(2,3)19-13(18)16-7-6-11(9-15)17-10-12-5-4-8-20-12/h4-5,8,11,17H,6-7,9-10,15H2,1-3H3,(H,16,18). The third kappa shape index (κ3) is 7.47. The Morgan fingerprint density at radius 2 is 2.25 bits per heavy atom. The SMILES string of the molecule is CC(C)(C)OC(=O)NCCC(CN)NCc1cccs1. The lowest BCUT2D eigenvalue weighted by Gasteiger charge is -2.21. The van der Waals surface area contributed by atoms with E-state index in [4.69, 9.17) is 10.5 Å². The van der Waals surface area contributed by atoms with Crippen molar-refractivity contribution in [2.75, 3.05) is 13.1 Å². The molecule has 0 saturated carbocycles. The Morgan fingerprint density at radius 3 is 2.80 bits per heavy atom. The molecule has 1 amide bonds. The molecule has 1 aromatic rings. The molecule has 1 heterocycles. The first-order valence-corrected chi connectivity index (χ1v) is 7.71. The minimum Gasteiger partial charge on any atom is -0.444 e. The summed E-state index contributed by atoms with van der Waals surface area (Å²) in [5, 5.41) is 8.18. The van der Waals surface area contributed by atoms with E-state index < -0.39 is 5.60 Å². The molecular formula is C14H25N3O2S. The van der Waals surface area contributed by atoms with Crippen molar-refractivity contribution >= 4 is 17.4 Å². The van der Waals surface area contributed by atoms with E-state index in [2.05, 4.69) is 22.1 Å². The fourth-order valence-corrected chi connectivity index (χ4v) is 2.28. The molecule has 4 N–H and O–H groups in total. The van der Waals surface area contributed by atoms with Gasteiger partial charge in [0.1, 0.15) is 5.60 Å². The molecule has 0 spiro atoms. The molecule has 1 atom stereocenters. The highest BCUT2D eigenvalue weighted by Gasteiger charge is 2.16. The van der Waals surface area contributed by atoms with Crippen LogP contribution in [-0.4, -0.2) is 30.8 Å². The Balaban J connectivity index is 2.19. The van der Waals surface area contributed by atoms with Crippen LogP contribution in [0.3, 0.4) is 0 Å². The van der Waals surface area contributed by atoms with E-state index in [1.165, 1.54) is 4.88 Å². The Hall–Kier alpha value is -1.11. The second-order valence-corrected chi connectivity index (χ2v) is 6.64. The molecule has 1 aromatic heterocycles. The highest BCUT2D eigenvalue weighted by molar-refractivity contribution is 7.09. The summed E-state index contributed by atoms with van der Waals surface area (Å²) in [5.41, 5.74) is 5.26. The normalized spacial score (nSPS) is 13.0. The molecule has 5 nitrogen and oxygen atoms in total. The first-order chi connectivity index (χ1) is 9.40. The number of hydrogen-bond acceptors (Lipinski definition) is 5. The quantitative estimate of drug-likeness (QED) is 0.720. The molecule has 6 heteroatoms. The third-order valence-corrected chi connectivity index (χ3v) is 3.47. The number of nitrogens with one attached hydrogen (secondary N) is 2. The molecule has 20 heavy (non-hydrogen) atoms. The lowest BCUT2D eigenvalue weighted by molar-refractivity contribution is 0.0526. The fourth-order valence-electron chi connectivity index (χ4n) is 1.62. The van der Waals surface area contributed by atoms with E-state index >= 15 is 0 Å². The zero-order chi connectivity index (χ0) is 15.0. The van der Waals surface area contributed by atoms with Crippen molar-refractivity contribution in [3.05, 3.63) is 22.4 Å². The average molecular weight is 299 g/mol. The van der Waals surface area contributed by atoms with E-state index in [1.807, 2.05) is 26.8 Å². The van der Waals surface area contributed by atoms with Crippen molar-refractivity contribution in [3.63, 3.8) is 0 Å². The molecular weight excluding hydrogens is 274 g/mol. The number of rotatable bonds is 7. The molecule has 1 unspecified atom stereocenters. The van der Waals surface area contributed by atoms with Crippen LogP contribution in [-0.2, 0) is 11.3 Å². The van der Waals surface area contributed by atoms with E-state index in [9.17, 15) is 4.79 Å². The summed E-state index contributed by atoms with van der Waals surface area (Å²) in [5.74, 6) is 0. The average Bonchev–Trinajstić information content (AvgIpc) is 2.84. The van der Waals surface area contributed by atoms with Gasteiger partial charge in [-0.25, -0.2) is 4.79 Å². The largest absolute Gasteiger partial charge is 0.444 e. The summed E-state index contributed by atoms with van der Waals surface area (Å²) in [6.45, 7) is 7.44. The number of carbonyl (C=O) groups excluding carboxylic acids is 1. The number of ether oxygens (including phenoxy) is 1. The number of thiophene rings is 1. The van der Waals surface area contributed by atoms with Crippen LogP contribution in [0.2, 0.25) is 0 Å². The molecule has 0 bridgehead atoms. The molecule has 0 aliphatic rings. The fraction of sp³-hybridized carbons (Fsp3) is 0.643. The summed E-state index contributed by atoms with van der Waals surface area (Å²) >= 11 is 1.72. The van der Waals surface area contributed by atoms with Gasteiger partial charge in [-0.1, -0.05) is 6.07 Å². The van der Waals surface area contributed by atoms with Crippen LogP contribution in [0.25, 0.3) is 0 Å². The Bertz CT molecular complexity index is 388. The van der Waals surface area contributed by atoms with Gasteiger partial charge in [0.15, 0.2) is 0 Å². The van der Waals surface area contributed by atoms with Gasteiger partial charge in [0.25, 0.3) is 0 Å². The highest BCUT2D eigenvalue weighted by Crippen LogP contribution is 2.08. The number of alkyl carbamates (subject to hydrolysis) is 1. The van der Waals surface area contributed by atoms with Crippen LogP contribution in [0.1, 0.15) is 32.1 Å². The van der Waals surface area contributed by atoms with Crippen molar-refractivity contribution in [2.45, 2.75) is 45.4 Å². The second-order valence-electron chi connectivity index (χ2n) is 5.61. The van der Waals surface area contributed by atoms with Crippen molar-refractivity contribution in [1.29, 1.82) is 0 Å². The van der Waals surface area contributed by atoms with Gasteiger partial charge in [-0.15, -0.1) is 11.3 Å². The Morgan fingerprint density at radius 1 is 1.50 bits per heavy atom. The zero-order valence-electron chi connectivity index (χ0n) is 12.4. The maximum absolute atomic E-state index is 11.5. The molecule has 0 fully saturated rings. The van der Waals surface area contributed by atoms with Gasteiger partial charge in [-0.05, 0) is 38.6 Å². The highest BCUT2D eigenvalue weighted by atomic mass is 32.1. The van der Waals surface area contributed by atoms with Gasteiger partial charge in [-0.3, -0.25) is 0 Å². The lowest BCUT2D eigenvalue weighted by Crippen LogP contribution is -2.40.